The molecule has 0 aromatic heterocycles. The molecule has 0 radical (unpaired) electrons. The number of carbonyl (C=O) groups excluding carboxylic acids is 1. The van der Waals surface area contributed by atoms with Gasteiger partial charge in [0.1, 0.15) is 0 Å². The van der Waals surface area contributed by atoms with Crippen LogP contribution in [0.15, 0.2) is 12.1 Å². The van der Waals surface area contributed by atoms with Crippen molar-refractivity contribution in [3.8, 4) is 0 Å². The summed E-state index contributed by atoms with van der Waals surface area (Å²) in [5.74, 6) is 0.0975. The van der Waals surface area contributed by atoms with Crippen LogP contribution in [0.5, 0.6) is 0 Å². The molecule has 0 spiro atoms. The van der Waals surface area contributed by atoms with E-state index in [9.17, 15) is 4.79 Å². The Morgan fingerprint density at radius 2 is 2.00 bits per heavy atom. The Bertz CT molecular complexity index is 382. The van der Waals surface area contributed by atoms with Crippen molar-refractivity contribution in [1.29, 1.82) is 0 Å². The molecule has 1 aromatic rings. The summed E-state index contributed by atoms with van der Waals surface area (Å²) in [4.78, 5) is 11.2. The minimum atomic E-state index is 0.0975. The predicted octanol–water partition coefficient (Wildman–Crippen LogP) is 3.42. The normalized spacial score (nSPS) is 15.0. The highest BCUT2D eigenvalue weighted by molar-refractivity contribution is 6.31. The number of carbonyl (C=O) groups is 1. The van der Waals surface area contributed by atoms with E-state index < -0.39 is 0 Å². The van der Waals surface area contributed by atoms with Crippen LogP contribution in [0.25, 0.3) is 0 Å². The van der Waals surface area contributed by atoms with Crippen LogP contribution >= 0.6 is 11.6 Å². The molecule has 0 amide bonds. The summed E-state index contributed by atoms with van der Waals surface area (Å²) in [6.07, 6.45) is 4.55. The third kappa shape index (κ3) is 1.69. The molecule has 14 heavy (non-hydrogen) atoms. The van der Waals surface area contributed by atoms with Gasteiger partial charge in [0.25, 0.3) is 0 Å². The molecular formula is C12H13ClO. The lowest BCUT2D eigenvalue weighted by molar-refractivity contribution is 0.101. The second-order valence-electron chi connectivity index (χ2n) is 3.86. The molecule has 0 atom stereocenters. The molecule has 1 nitrogen and oxygen atoms in total. The van der Waals surface area contributed by atoms with Crippen LogP contribution in [-0.4, -0.2) is 5.78 Å². The Morgan fingerprint density at radius 1 is 1.29 bits per heavy atom. The maximum absolute atomic E-state index is 11.2. The molecule has 74 valence electrons. The van der Waals surface area contributed by atoms with Crippen molar-refractivity contribution in [2.45, 2.75) is 32.6 Å². The fourth-order valence-electron chi connectivity index (χ4n) is 2.02. The highest BCUT2D eigenvalue weighted by atomic mass is 35.5. The standard InChI is InChI=1S/C12H13ClO/c1-8(14)10-6-9-4-2-3-5-11(9)12(13)7-10/h6-7H,2-5H2,1H3. The summed E-state index contributed by atoms with van der Waals surface area (Å²) in [6.45, 7) is 1.58. The number of Topliss-reactive ketones (excluding diaryl/α,β-unsaturated/α-hetero) is 1. The topological polar surface area (TPSA) is 17.1 Å². The van der Waals surface area contributed by atoms with Gasteiger partial charge in [0, 0.05) is 10.6 Å². The molecule has 0 saturated carbocycles. The second-order valence-corrected chi connectivity index (χ2v) is 4.27. The maximum Gasteiger partial charge on any atom is 0.159 e. The monoisotopic (exact) mass is 208 g/mol. The Labute approximate surface area is 89.1 Å². The number of hydrogen-bond acceptors (Lipinski definition) is 1. The average Bonchev–Trinajstić information content (AvgIpc) is 2.17. The molecule has 1 aliphatic carbocycles. The molecule has 0 saturated heterocycles. The van der Waals surface area contributed by atoms with Crippen LogP contribution in [0.2, 0.25) is 5.02 Å². The average molecular weight is 209 g/mol. The van der Waals surface area contributed by atoms with Gasteiger partial charge in [-0.25, -0.2) is 0 Å². The van der Waals surface area contributed by atoms with Crippen LogP contribution in [0, 0.1) is 0 Å². The number of aryl methyl sites for hydroxylation is 1. The van der Waals surface area contributed by atoms with E-state index in [0.29, 0.717) is 0 Å². The zero-order chi connectivity index (χ0) is 10.1. The molecule has 0 unspecified atom stereocenters. The first kappa shape index (κ1) is 9.72. The molecule has 2 heteroatoms. The number of halogens is 1. The van der Waals surface area contributed by atoms with Gasteiger partial charge in [-0.3, -0.25) is 4.79 Å². The van der Waals surface area contributed by atoms with E-state index in [-0.39, 0.29) is 5.78 Å². The first-order valence-electron chi connectivity index (χ1n) is 5.00. The van der Waals surface area contributed by atoms with E-state index in [1.54, 1.807) is 13.0 Å². The predicted molar refractivity (Wildman–Crippen MR) is 58.1 cm³/mol. The molecule has 0 bridgehead atoms. The fourth-order valence-corrected chi connectivity index (χ4v) is 2.35. The minimum absolute atomic E-state index is 0.0975. The van der Waals surface area contributed by atoms with Gasteiger partial charge in [-0.1, -0.05) is 11.6 Å². The van der Waals surface area contributed by atoms with Gasteiger partial charge in [0.05, 0.1) is 0 Å². The van der Waals surface area contributed by atoms with E-state index in [0.717, 1.165) is 23.4 Å². The van der Waals surface area contributed by atoms with Crippen molar-refractivity contribution in [3.63, 3.8) is 0 Å². The summed E-state index contributed by atoms with van der Waals surface area (Å²) >= 11 is 6.14. The van der Waals surface area contributed by atoms with Gasteiger partial charge in [0.2, 0.25) is 0 Å². The van der Waals surface area contributed by atoms with Crippen LogP contribution in [0.4, 0.5) is 0 Å². The summed E-state index contributed by atoms with van der Waals surface area (Å²) in [7, 11) is 0. The Morgan fingerprint density at radius 3 is 2.71 bits per heavy atom. The maximum atomic E-state index is 11.2. The van der Waals surface area contributed by atoms with Gasteiger partial charge in [0.15, 0.2) is 5.78 Å². The van der Waals surface area contributed by atoms with Crippen molar-refractivity contribution in [1.82, 2.24) is 0 Å². The third-order valence-corrected chi connectivity index (χ3v) is 3.15. The van der Waals surface area contributed by atoms with Gasteiger partial charge in [-0.15, -0.1) is 0 Å². The Balaban J connectivity index is 2.51. The molecule has 0 N–H and O–H groups in total. The quantitative estimate of drug-likeness (QED) is 0.647. The molecular weight excluding hydrogens is 196 g/mol. The van der Waals surface area contributed by atoms with Crippen LogP contribution in [0.1, 0.15) is 41.3 Å². The molecule has 0 aliphatic heterocycles. The third-order valence-electron chi connectivity index (χ3n) is 2.82. The lowest BCUT2D eigenvalue weighted by atomic mass is 9.90. The lowest BCUT2D eigenvalue weighted by Gasteiger charge is -2.17. The summed E-state index contributed by atoms with van der Waals surface area (Å²) in [5, 5.41) is 0.771. The van der Waals surface area contributed by atoms with Gasteiger partial charge in [-0.2, -0.15) is 0 Å². The minimum Gasteiger partial charge on any atom is -0.295 e. The van der Waals surface area contributed by atoms with Crippen LogP contribution in [0.3, 0.4) is 0 Å². The highest BCUT2D eigenvalue weighted by Crippen LogP contribution is 2.29. The van der Waals surface area contributed by atoms with E-state index in [1.165, 1.54) is 24.0 Å². The molecule has 0 fully saturated rings. The van der Waals surface area contributed by atoms with Gasteiger partial charge < -0.3 is 0 Å². The smallest absolute Gasteiger partial charge is 0.159 e. The van der Waals surface area contributed by atoms with Crippen molar-refractivity contribution < 1.29 is 4.79 Å². The number of hydrogen-bond donors (Lipinski definition) is 0. The van der Waals surface area contributed by atoms with Gasteiger partial charge in [-0.05, 0) is 55.9 Å². The number of ketones is 1. The molecule has 1 aliphatic rings. The fraction of sp³-hybridized carbons (Fsp3) is 0.417. The van der Waals surface area contributed by atoms with Gasteiger partial charge >= 0.3 is 0 Å². The molecule has 0 heterocycles. The number of benzene rings is 1. The van der Waals surface area contributed by atoms with E-state index >= 15 is 0 Å². The van der Waals surface area contributed by atoms with E-state index in [1.807, 2.05) is 6.07 Å². The Hall–Kier alpha value is -0.820. The summed E-state index contributed by atoms with van der Waals surface area (Å²) in [5.41, 5.74) is 3.27. The SMILES string of the molecule is CC(=O)c1cc(Cl)c2c(c1)CCCC2. The van der Waals surface area contributed by atoms with Crippen molar-refractivity contribution in [3.05, 3.63) is 33.8 Å². The summed E-state index contributed by atoms with van der Waals surface area (Å²) < 4.78 is 0. The number of fused-ring (bicyclic) bond motifs is 1. The van der Waals surface area contributed by atoms with Crippen LogP contribution < -0.4 is 0 Å². The second kappa shape index (κ2) is 3.74. The zero-order valence-corrected chi connectivity index (χ0v) is 9.03. The van der Waals surface area contributed by atoms with Crippen LogP contribution in [-0.2, 0) is 12.8 Å². The zero-order valence-electron chi connectivity index (χ0n) is 8.27. The molecule has 1 aromatic carbocycles. The van der Waals surface area contributed by atoms with E-state index in [4.69, 9.17) is 11.6 Å². The first-order valence-corrected chi connectivity index (χ1v) is 5.38. The van der Waals surface area contributed by atoms with Crippen molar-refractivity contribution >= 4 is 17.4 Å². The number of rotatable bonds is 1. The highest BCUT2D eigenvalue weighted by Gasteiger charge is 2.14. The largest absolute Gasteiger partial charge is 0.295 e. The molecule has 2 rings (SSSR count). The van der Waals surface area contributed by atoms with Crippen molar-refractivity contribution in [2.24, 2.45) is 0 Å². The van der Waals surface area contributed by atoms with E-state index in [2.05, 4.69) is 0 Å². The van der Waals surface area contributed by atoms with Crippen molar-refractivity contribution in [2.75, 3.05) is 0 Å². The lowest BCUT2D eigenvalue weighted by Crippen LogP contribution is -2.05. The summed E-state index contributed by atoms with van der Waals surface area (Å²) in [6, 6.07) is 3.80. The first-order chi connectivity index (χ1) is 6.68. The Kier molecular flexibility index (Phi) is 2.60.